The van der Waals surface area contributed by atoms with Crippen LogP contribution < -0.4 is 14.5 Å². The number of H-pyrrole nitrogens is 1. The molecule has 0 unspecified atom stereocenters. The van der Waals surface area contributed by atoms with Gasteiger partial charge in [-0.05, 0) is 24.3 Å². The maximum absolute atomic E-state index is 14.2. The zero-order valence-electron chi connectivity index (χ0n) is 17.4. The number of nitrogens with zero attached hydrogens (tertiary/aromatic N) is 1. The van der Waals surface area contributed by atoms with Crippen LogP contribution in [0.15, 0.2) is 40.0 Å². The van der Waals surface area contributed by atoms with E-state index in [1.807, 2.05) is 0 Å². The summed E-state index contributed by atoms with van der Waals surface area (Å²) >= 11 is 12.0. The van der Waals surface area contributed by atoms with E-state index in [0.29, 0.717) is 0 Å². The molecule has 2 aromatic heterocycles. The van der Waals surface area contributed by atoms with Gasteiger partial charge in [0.25, 0.3) is 0 Å². The van der Waals surface area contributed by atoms with E-state index < -0.39 is 55.4 Å². The smallest absolute Gasteiger partial charge is 0.340 e. The van der Waals surface area contributed by atoms with Crippen LogP contribution in [0.1, 0.15) is 0 Å². The molecule has 0 saturated heterocycles. The fourth-order valence-electron chi connectivity index (χ4n) is 3.30. The van der Waals surface area contributed by atoms with Crippen LogP contribution in [0.4, 0.5) is 22.0 Å². The maximum Gasteiger partial charge on any atom is 0.340 e. The Hall–Kier alpha value is -3.42. The summed E-state index contributed by atoms with van der Waals surface area (Å²) in [6.45, 7) is 0. The van der Waals surface area contributed by atoms with Crippen molar-refractivity contribution in [1.82, 2.24) is 9.97 Å². The monoisotopic (exact) mass is 566 g/mol. The number of aromatic nitrogens is 2. The van der Waals surface area contributed by atoms with Gasteiger partial charge < -0.3 is 13.9 Å². The molecule has 4 rings (SSSR count). The Kier molecular flexibility index (Phi) is 6.58. The summed E-state index contributed by atoms with van der Waals surface area (Å²) in [5.41, 5.74) is -0.874. The number of pyridine rings is 2. The van der Waals surface area contributed by atoms with Crippen LogP contribution in [-0.2, 0) is 10.1 Å². The molecule has 0 radical (unpaired) electrons. The Bertz CT molecular complexity index is 1700. The summed E-state index contributed by atoms with van der Waals surface area (Å²) in [7, 11) is -4.15. The number of benzene rings is 2. The van der Waals surface area contributed by atoms with E-state index in [4.69, 9.17) is 27.9 Å². The highest BCUT2D eigenvalue weighted by molar-refractivity contribution is 7.87. The second-order valence-electron chi connectivity index (χ2n) is 6.98. The molecule has 2 heterocycles. The zero-order valence-corrected chi connectivity index (χ0v) is 19.8. The van der Waals surface area contributed by atoms with Crippen LogP contribution in [-0.4, -0.2) is 25.5 Å². The Balaban J connectivity index is 2.06. The van der Waals surface area contributed by atoms with Gasteiger partial charge in [-0.3, -0.25) is 4.79 Å². The maximum atomic E-state index is 14.2. The molecule has 0 aliphatic rings. The van der Waals surface area contributed by atoms with Gasteiger partial charge in [0.15, 0.2) is 5.15 Å². The number of ether oxygens (including phenoxy) is 1. The minimum Gasteiger partial charge on any atom is -0.481 e. The van der Waals surface area contributed by atoms with Gasteiger partial charge in [0, 0.05) is 28.1 Å². The Morgan fingerprint density at radius 2 is 1.53 bits per heavy atom. The molecule has 0 aliphatic carbocycles. The summed E-state index contributed by atoms with van der Waals surface area (Å²) in [5, 5.41) is -0.332. The van der Waals surface area contributed by atoms with E-state index in [9.17, 15) is 35.2 Å². The molecular formula is C21H9Cl2F5N2O5S. The molecule has 0 saturated carbocycles. The van der Waals surface area contributed by atoms with E-state index in [0.717, 1.165) is 24.3 Å². The van der Waals surface area contributed by atoms with Crippen LogP contribution in [0.3, 0.4) is 0 Å². The number of hydrogen-bond acceptors (Lipinski definition) is 6. The van der Waals surface area contributed by atoms with E-state index in [1.165, 1.54) is 13.2 Å². The first-order valence-electron chi connectivity index (χ1n) is 9.39. The molecule has 0 bridgehead atoms. The Labute approximate surface area is 208 Å². The number of methoxy groups -OCH3 is 1. The van der Waals surface area contributed by atoms with Gasteiger partial charge in [-0.15, -0.1) is 0 Å². The molecule has 15 heteroatoms. The molecule has 1 N–H and O–H groups in total. The topological polar surface area (TPSA) is 98.3 Å². The lowest BCUT2D eigenvalue weighted by molar-refractivity contribution is 0.347. The molecule has 0 atom stereocenters. The quantitative estimate of drug-likeness (QED) is 0.115. The van der Waals surface area contributed by atoms with Crippen LogP contribution in [0.25, 0.3) is 22.0 Å². The molecular weight excluding hydrogens is 558 g/mol. The number of halogens is 7. The molecule has 0 amide bonds. The lowest BCUT2D eigenvalue weighted by Gasteiger charge is -2.17. The summed E-state index contributed by atoms with van der Waals surface area (Å²) in [6, 6.07) is 5.41. The molecule has 0 aliphatic heterocycles. The van der Waals surface area contributed by atoms with Gasteiger partial charge in [-0.25, -0.2) is 13.2 Å². The van der Waals surface area contributed by atoms with Crippen molar-refractivity contribution < 1.29 is 39.3 Å². The van der Waals surface area contributed by atoms with Crippen LogP contribution in [0.2, 0.25) is 10.2 Å². The van der Waals surface area contributed by atoms with Gasteiger partial charge in [-0.1, -0.05) is 23.2 Å². The minimum absolute atomic E-state index is 0.0372. The third-order valence-electron chi connectivity index (χ3n) is 4.86. The van der Waals surface area contributed by atoms with Crippen molar-refractivity contribution in [2.75, 3.05) is 7.11 Å². The summed E-state index contributed by atoms with van der Waals surface area (Å²) in [4.78, 5) is 17.3. The van der Waals surface area contributed by atoms with Crippen molar-refractivity contribution in [2.45, 2.75) is 4.90 Å². The summed E-state index contributed by atoms with van der Waals surface area (Å²) in [6.07, 6.45) is 0. The predicted octanol–water partition coefficient (Wildman–Crippen LogP) is 5.37. The summed E-state index contributed by atoms with van der Waals surface area (Å²) < 4.78 is 105. The predicted molar refractivity (Wildman–Crippen MR) is 118 cm³/mol. The van der Waals surface area contributed by atoms with E-state index in [2.05, 4.69) is 14.2 Å². The fraction of sp³-hybridized carbons (Fsp3) is 0.0476. The average Bonchev–Trinajstić information content (AvgIpc) is 2.84. The first-order valence-corrected chi connectivity index (χ1v) is 11.6. The Morgan fingerprint density at radius 1 is 0.917 bits per heavy atom. The van der Waals surface area contributed by atoms with E-state index in [-0.39, 0.29) is 38.1 Å². The standard InChI is InChI=1S/C21H9Cl2F5N2O5S/c1-34-21-8(6-9(22)20(23)30-21)13-7-2-5-12(31)29-10(7)3-4-11(13)36(32,33)35-19-17(27)15(25)14(24)16(26)18(19)28/h2-6H,1H3,(H,29,31). The van der Waals surface area contributed by atoms with Crippen LogP contribution >= 0.6 is 23.2 Å². The fourth-order valence-corrected chi connectivity index (χ4v) is 4.74. The number of fused-ring (bicyclic) bond motifs is 1. The van der Waals surface area contributed by atoms with E-state index in [1.54, 1.807) is 0 Å². The first-order chi connectivity index (χ1) is 16.9. The van der Waals surface area contributed by atoms with Gasteiger partial charge in [0.1, 0.15) is 4.90 Å². The van der Waals surface area contributed by atoms with Crippen molar-refractivity contribution >= 4 is 44.2 Å². The lowest BCUT2D eigenvalue weighted by atomic mass is 10.0. The number of aromatic amines is 1. The summed E-state index contributed by atoms with van der Waals surface area (Å²) in [5.74, 6) is -14.6. The molecule has 0 spiro atoms. The highest BCUT2D eigenvalue weighted by atomic mass is 35.5. The second-order valence-corrected chi connectivity index (χ2v) is 9.26. The average molecular weight is 567 g/mol. The Morgan fingerprint density at radius 3 is 2.14 bits per heavy atom. The van der Waals surface area contributed by atoms with E-state index >= 15 is 0 Å². The normalized spacial score (nSPS) is 11.7. The molecule has 36 heavy (non-hydrogen) atoms. The first kappa shape index (κ1) is 25.7. The highest BCUT2D eigenvalue weighted by Crippen LogP contribution is 2.42. The van der Waals surface area contributed by atoms with Crippen molar-refractivity contribution in [3.05, 3.63) is 79.9 Å². The molecule has 4 aromatic rings. The van der Waals surface area contributed by atoms with Crippen LogP contribution in [0, 0.1) is 29.1 Å². The third-order valence-corrected chi connectivity index (χ3v) is 6.80. The van der Waals surface area contributed by atoms with Gasteiger partial charge >= 0.3 is 10.1 Å². The number of nitrogens with one attached hydrogen (secondary N) is 1. The number of rotatable bonds is 5. The van der Waals surface area contributed by atoms with Gasteiger partial charge in [0.05, 0.1) is 12.1 Å². The van der Waals surface area contributed by atoms with Gasteiger partial charge in [-0.2, -0.15) is 22.2 Å². The van der Waals surface area contributed by atoms with Crippen molar-refractivity contribution in [3.8, 4) is 22.8 Å². The SMILES string of the molecule is COc1nc(Cl)c(Cl)cc1-c1c(S(=O)(=O)Oc2c(F)c(F)c(F)c(F)c2F)ccc2[nH]c(=O)ccc12. The molecule has 188 valence electrons. The van der Waals surface area contributed by atoms with Crippen LogP contribution in [0.5, 0.6) is 11.6 Å². The zero-order chi connectivity index (χ0) is 26.5. The van der Waals surface area contributed by atoms with Crippen molar-refractivity contribution in [2.24, 2.45) is 0 Å². The van der Waals surface area contributed by atoms with Crippen molar-refractivity contribution in [3.63, 3.8) is 0 Å². The lowest BCUT2D eigenvalue weighted by Crippen LogP contribution is -2.16. The van der Waals surface area contributed by atoms with Crippen molar-refractivity contribution in [1.29, 1.82) is 0 Å². The second kappa shape index (κ2) is 9.22. The van der Waals surface area contributed by atoms with Gasteiger partial charge in [0.2, 0.25) is 46.3 Å². The number of hydrogen-bond donors (Lipinski definition) is 1. The highest BCUT2D eigenvalue weighted by Gasteiger charge is 2.33. The molecule has 7 nitrogen and oxygen atoms in total. The largest absolute Gasteiger partial charge is 0.481 e. The molecule has 2 aromatic carbocycles. The molecule has 0 fully saturated rings. The minimum atomic E-state index is -5.32. The third kappa shape index (κ3) is 4.22.